The number of benzene rings is 1. The van der Waals surface area contributed by atoms with Crippen molar-refractivity contribution in [3.8, 4) is 0 Å². The molecule has 0 aliphatic heterocycles. The van der Waals surface area contributed by atoms with Crippen LogP contribution in [0.4, 0.5) is 10.2 Å². The Morgan fingerprint density at radius 2 is 2.06 bits per heavy atom. The molecular formula is C10H7ClFN3O2S. The van der Waals surface area contributed by atoms with Crippen molar-refractivity contribution in [1.82, 2.24) is 9.97 Å². The van der Waals surface area contributed by atoms with Crippen LogP contribution in [-0.4, -0.2) is 18.4 Å². The molecule has 5 nitrogen and oxygen atoms in total. The Bertz CT molecular complexity index is 664. The van der Waals surface area contributed by atoms with E-state index < -0.39 is 15.8 Å². The van der Waals surface area contributed by atoms with Crippen LogP contribution in [0.2, 0.25) is 5.02 Å². The number of anilines is 1. The third kappa shape index (κ3) is 2.74. The smallest absolute Gasteiger partial charge is 0.263 e. The second-order valence-corrected chi connectivity index (χ2v) is 5.37. The number of nitrogens with one attached hydrogen (secondary N) is 1. The number of aromatic nitrogens is 2. The van der Waals surface area contributed by atoms with Crippen molar-refractivity contribution in [3.05, 3.63) is 47.6 Å². The van der Waals surface area contributed by atoms with Gasteiger partial charge in [-0.1, -0.05) is 11.6 Å². The summed E-state index contributed by atoms with van der Waals surface area (Å²) in [5.74, 6) is -0.567. The van der Waals surface area contributed by atoms with E-state index in [1.165, 1.54) is 18.6 Å². The predicted molar refractivity (Wildman–Crippen MR) is 64.3 cm³/mol. The van der Waals surface area contributed by atoms with E-state index in [0.29, 0.717) is 0 Å². The Hall–Kier alpha value is -1.73. The van der Waals surface area contributed by atoms with E-state index in [-0.39, 0.29) is 15.7 Å². The molecule has 0 aliphatic carbocycles. The second kappa shape index (κ2) is 4.87. The third-order valence-corrected chi connectivity index (χ3v) is 3.66. The minimum Gasteiger partial charge on any atom is -0.263 e. The SMILES string of the molecule is O=S(=O)(Nc1ccncn1)c1ccc(F)c(Cl)c1. The van der Waals surface area contributed by atoms with Gasteiger partial charge in [-0.15, -0.1) is 0 Å². The zero-order valence-corrected chi connectivity index (χ0v) is 10.4. The van der Waals surface area contributed by atoms with Gasteiger partial charge >= 0.3 is 0 Å². The van der Waals surface area contributed by atoms with Gasteiger partial charge in [-0.2, -0.15) is 0 Å². The maximum Gasteiger partial charge on any atom is 0.263 e. The quantitative estimate of drug-likeness (QED) is 0.938. The van der Waals surface area contributed by atoms with Crippen LogP contribution in [0.1, 0.15) is 0 Å². The van der Waals surface area contributed by atoms with Gasteiger partial charge in [-0.3, -0.25) is 4.72 Å². The molecule has 0 spiro atoms. The van der Waals surface area contributed by atoms with Crippen LogP contribution in [0.5, 0.6) is 0 Å². The van der Waals surface area contributed by atoms with Gasteiger partial charge in [0.2, 0.25) is 0 Å². The van der Waals surface area contributed by atoms with E-state index >= 15 is 0 Å². The highest BCUT2D eigenvalue weighted by Gasteiger charge is 2.16. The lowest BCUT2D eigenvalue weighted by atomic mass is 10.3. The van der Waals surface area contributed by atoms with Crippen molar-refractivity contribution >= 4 is 27.4 Å². The van der Waals surface area contributed by atoms with Gasteiger partial charge in [-0.05, 0) is 24.3 Å². The molecule has 0 fully saturated rings. The largest absolute Gasteiger partial charge is 0.263 e. The van der Waals surface area contributed by atoms with Gasteiger partial charge in [0.25, 0.3) is 10.0 Å². The summed E-state index contributed by atoms with van der Waals surface area (Å²) in [6, 6.07) is 4.52. The summed E-state index contributed by atoms with van der Waals surface area (Å²) in [4.78, 5) is 7.23. The topological polar surface area (TPSA) is 72.0 Å². The molecule has 0 aliphatic rings. The van der Waals surface area contributed by atoms with Crippen molar-refractivity contribution < 1.29 is 12.8 Å². The molecule has 94 valence electrons. The maximum atomic E-state index is 12.9. The number of halogens is 2. The molecule has 0 atom stereocenters. The lowest BCUT2D eigenvalue weighted by molar-refractivity contribution is 0.599. The first kappa shape index (κ1) is 12.7. The molecule has 2 aromatic rings. The van der Waals surface area contributed by atoms with E-state index in [9.17, 15) is 12.8 Å². The lowest BCUT2D eigenvalue weighted by Gasteiger charge is -2.07. The lowest BCUT2D eigenvalue weighted by Crippen LogP contribution is -2.14. The Morgan fingerprint density at radius 3 is 2.67 bits per heavy atom. The number of hydrogen-bond acceptors (Lipinski definition) is 4. The second-order valence-electron chi connectivity index (χ2n) is 3.28. The molecule has 0 radical (unpaired) electrons. The first-order valence-electron chi connectivity index (χ1n) is 4.73. The molecule has 0 saturated carbocycles. The Balaban J connectivity index is 2.34. The third-order valence-electron chi connectivity index (χ3n) is 2.02. The van der Waals surface area contributed by atoms with Gasteiger partial charge in [-0.25, -0.2) is 22.8 Å². The fourth-order valence-corrected chi connectivity index (χ4v) is 2.47. The van der Waals surface area contributed by atoms with Crippen molar-refractivity contribution in [2.24, 2.45) is 0 Å². The Labute approximate surface area is 108 Å². The van der Waals surface area contributed by atoms with Gasteiger partial charge in [0, 0.05) is 6.20 Å². The summed E-state index contributed by atoms with van der Waals surface area (Å²) in [6.07, 6.45) is 2.60. The minimum atomic E-state index is -3.84. The van der Waals surface area contributed by atoms with Crippen LogP contribution in [0.3, 0.4) is 0 Å². The van der Waals surface area contributed by atoms with Gasteiger partial charge in [0.05, 0.1) is 9.92 Å². The van der Waals surface area contributed by atoms with Crippen LogP contribution in [-0.2, 0) is 10.0 Å². The predicted octanol–water partition coefficient (Wildman–Crippen LogP) is 2.07. The van der Waals surface area contributed by atoms with Crippen LogP contribution < -0.4 is 4.72 Å². The summed E-state index contributed by atoms with van der Waals surface area (Å²) in [7, 11) is -3.84. The molecule has 0 unspecified atom stereocenters. The first-order valence-corrected chi connectivity index (χ1v) is 6.59. The van der Waals surface area contributed by atoms with Crippen LogP contribution in [0, 0.1) is 5.82 Å². The van der Waals surface area contributed by atoms with Gasteiger partial charge in [0.1, 0.15) is 18.0 Å². The van der Waals surface area contributed by atoms with E-state index in [0.717, 1.165) is 18.2 Å². The molecule has 8 heteroatoms. The van der Waals surface area contributed by atoms with Crippen LogP contribution >= 0.6 is 11.6 Å². The van der Waals surface area contributed by atoms with E-state index in [1.807, 2.05) is 0 Å². The Morgan fingerprint density at radius 1 is 1.28 bits per heavy atom. The highest BCUT2D eigenvalue weighted by atomic mass is 35.5. The van der Waals surface area contributed by atoms with Gasteiger partial charge < -0.3 is 0 Å². The maximum absolute atomic E-state index is 12.9. The summed E-state index contributed by atoms with van der Waals surface area (Å²) in [6.45, 7) is 0. The minimum absolute atomic E-state index is 0.116. The molecular weight excluding hydrogens is 281 g/mol. The standard InChI is InChI=1S/C10H7ClFN3O2S/c11-8-5-7(1-2-9(8)12)18(16,17)15-10-3-4-13-6-14-10/h1-6H,(H,13,14,15). The summed E-state index contributed by atoms with van der Waals surface area (Å²) < 4.78 is 39.0. The zero-order chi connectivity index (χ0) is 13.2. The molecule has 0 bridgehead atoms. The average Bonchev–Trinajstić information content (AvgIpc) is 2.33. The zero-order valence-electron chi connectivity index (χ0n) is 8.84. The molecule has 2 rings (SSSR count). The highest BCUT2D eigenvalue weighted by molar-refractivity contribution is 7.92. The summed E-state index contributed by atoms with van der Waals surface area (Å²) in [5.41, 5.74) is 0. The van der Waals surface area contributed by atoms with Crippen molar-refractivity contribution in [1.29, 1.82) is 0 Å². The Kier molecular flexibility index (Phi) is 3.44. The number of hydrogen-bond donors (Lipinski definition) is 1. The number of rotatable bonds is 3. The first-order chi connectivity index (χ1) is 8.49. The van der Waals surface area contributed by atoms with E-state index in [1.54, 1.807) is 0 Å². The molecule has 1 aromatic carbocycles. The van der Waals surface area contributed by atoms with E-state index in [2.05, 4.69) is 14.7 Å². The summed E-state index contributed by atoms with van der Waals surface area (Å²) in [5, 5.41) is -0.263. The van der Waals surface area contributed by atoms with Crippen molar-refractivity contribution in [3.63, 3.8) is 0 Å². The average molecular weight is 288 g/mol. The summed E-state index contributed by atoms with van der Waals surface area (Å²) >= 11 is 5.53. The fraction of sp³-hybridized carbons (Fsp3) is 0. The molecule has 0 amide bonds. The van der Waals surface area contributed by atoms with Crippen LogP contribution in [0.15, 0.2) is 41.7 Å². The fourth-order valence-electron chi connectivity index (χ4n) is 1.19. The molecule has 0 saturated heterocycles. The van der Waals surface area contributed by atoms with Crippen molar-refractivity contribution in [2.75, 3.05) is 4.72 Å². The number of sulfonamides is 1. The highest BCUT2D eigenvalue weighted by Crippen LogP contribution is 2.20. The molecule has 18 heavy (non-hydrogen) atoms. The normalized spacial score (nSPS) is 11.2. The number of nitrogens with zero attached hydrogens (tertiary/aromatic N) is 2. The van der Waals surface area contributed by atoms with Gasteiger partial charge in [0.15, 0.2) is 0 Å². The molecule has 1 N–H and O–H groups in total. The molecule has 1 aromatic heterocycles. The van der Waals surface area contributed by atoms with Crippen LogP contribution in [0.25, 0.3) is 0 Å². The van der Waals surface area contributed by atoms with Crippen molar-refractivity contribution in [2.45, 2.75) is 4.90 Å². The van der Waals surface area contributed by atoms with E-state index in [4.69, 9.17) is 11.6 Å². The molecule has 1 heterocycles. The monoisotopic (exact) mass is 287 g/mol.